The van der Waals surface area contributed by atoms with Gasteiger partial charge in [-0.25, -0.2) is 4.98 Å². The van der Waals surface area contributed by atoms with Gasteiger partial charge in [0.05, 0.1) is 4.92 Å². The molecule has 0 unspecified atom stereocenters. The minimum atomic E-state index is -0.465. The predicted octanol–water partition coefficient (Wildman–Crippen LogP) is 6.48. The van der Waals surface area contributed by atoms with Gasteiger partial charge >= 0.3 is 0 Å². The molecule has 0 fully saturated rings. The highest BCUT2D eigenvalue weighted by Gasteiger charge is 2.15. The number of hydrogen-bond acceptors (Lipinski definition) is 5. The van der Waals surface area contributed by atoms with Crippen molar-refractivity contribution in [2.75, 3.05) is 5.32 Å². The van der Waals surface area contributed by atoms with Crippen molar-refractivity contribution < 1.29 is 14.1 Å². The fourth-order valence-corrected chi connectivity index (χ4v) is 3.51. The van der Waals surface area contributed by atoms with Gasteiger partial charge in [0.2, 0.25) is 5.89 Å². The summed E-state index contributed by atoms with van der Waals surface area (Å²) in [7, 11) is 0. The molecule has 0 spiro atoms. The molecule has 0 saturated carbocycles. The van der Waals surface area contributed by atoms with Crippen LogP contribution in [0.15, 0.2) is 65.1 Å². The van der Waals surface area contributed by atoms with Crippen LogP contribution in [0, 0.1) is 17.0 Å². The molecular weight excluding hydrogens is 406 g/mol. The molecule has 32 heavy (non-hydrogen) atoms. The molecule has 1 atom stereocenters. The lowest BCUT2D eigenvalue weighted by atomic mass is 9.98. The number of nitrogens with one attached hydrogen (secondary N) is 1. The van der Waals surface area contributed by atoms with Gasteiger partial charge in [0.25, 0.3) is 11.6 Å². The van der Waals surface area contributed by atoms with E-state index in [4.69, 9.17) is 4.42 Å². The molecule has 0 saturated heterocycles. The maximum atomic E-state index is 12.5. The largest absolute Gasteiger partial charge is 0.436 e. The van der Waals surface area contributed by atoms with Crippen LogP contribution in [0.5, 0.6) is 0 Å². The van der Waals surface area contributed by atoms with E-state index < -0.39 is 4.92 Å². The molecule has 1 heterocycles. The van der Waals surface area contributed by atoms with Crippen LogP contribution in [0.25, 0.3) is 22.6 Å². The zero-order valence-corrected chi connectivity index (χ0v) is 18.1. The number of aromatic nitrogens is 1. The van der Waals surface area contributed by atoms with Crippen molar-refractivity contribution in [2.45, 2.75) is 33.1 Å². The minimum absolute atomic E-state index is 0.0134. The number of benzene rings is 3. The van der Waals surface area contributed by atoms with Gasteiger partial charge in [-0.1, -0.05) is 19.9 Å². The summed E-state index contributed by atoms with van der Waals surface area (Å²) in [4.78, 5) is 27.6. The van der Waals surface area contributed by atoms with Crippen LogP contribution in [0.4, 0.5) is 11.4 Å². The fourth-order valence-electron chi connectivity index (χ4n) is 3.51. The number of nitro groups is 1. The second-order valence-corrected chi connectivity index (χ2v) is 7.85. The van der Waals surface area contributed by atoms with E-state index in [2.05, 4.69) is 36.3 Å². The Balaban J connectivity index is 1.51. The molecule has 1 aromatic heterocycles. The van der Waals surface area contributed by atoms with E-state index in [9.17, 15) is 14.9 Å². The number of nitrogens with zero attached hydrogens (tertiary/aromatic N) is 2. The van der Waals surface area contributed by atoms with Gasteiger partial charge in [0.15, 0.2) is 5.58 Å². The van der Waals surface area contributed by atoms with E-state index in [0.29, 0.717) is 28.6 Å². The van der Waals surface area contributed by atoms with Gasteiger partial charge < -0.3 is 9.73 Å². The Kier molecular flexibility index (Phi) is 5.73. The van der Waals surface area contributed by atoms with Crippen LogP contribution >= 0.6 is 0 Å². The van der Waals surface area contributed by atoms with Crippen molar-refractivity contribution in [3.8, 4) is 11.5 Å². The molecule has 162 valence electrons. The number of amides is 1. The van der Waals surface area contributed by atoms with Crippen LogP contribution in [-0.4, -0.2) is 15.8 Å². The maximum Gasteiger partial charge on any atom is 0.272 e. The lowest BCUT2D eigenvalue weighted by Crippen LogP contribution is -2.12. The third-order valence-corrected chi connectivity index (χ3v) is 5.64. The maximum absolute atomic E-state index is 12.5. The number of hydrogen-bond donors (Lipinski definition) is 1. The Labute approximate surface area is 185 Å². The molecular formula is C25H23N3O4. The van der Waals surface area contributed by atoms with Gasteiger partial charge in [0.1, 0.15) is 5.52 Å². The van der Waals surface area contributed by atoms with Crippen LogP contribution in [-0.2, 0) is 0 Å². The Morgan fingerprint density at radius 3 is 2.53 bits per heavy atom. The summed E-state index contributed by atoms with van der Waals surface area (Å²) in [6.07, 6.45) is 1.06. The number of aryl methyl sites for hydroxylation is 1. The number of oxazole rings is 1. The Hall–Kier alpha value is -4.00. The van der Waals surface area contributed by atoms with Gasteiger partial charge in [-0.05, 0) is 73.4 Å². The Morgan fingerprint density at radius 2 is 1.88 bits per heavy atom. The van der Waals surface area contributed by atoms with Crippen molar-refractivity contribution in [2.24, 2.45) is 0 Å². The van der Waals surface area contributed by atoms with Crippen molar-refractivity contribution in [3.05, 3.63) is 87.5 Å². The minimum Gasteiger partial charge on any atom is -0.436 e. The van der Waals surface area contributed by atoms with E-state index in [0.717, 1.165) is 23.1 Å². The third kappa shape index (κ3) is 4.23. The van der Waals surface area contributed by atoms with Gasteiger partial charge in [-0.2, -0.15) is 0 Å². The standard InChI is InChI=1S/C25H23N3O4/c1-4-15(2)18-8-12-23-21(14-18)27-25(32-23)17-5-9-20(10-6-17)26-24(29)19-7-11-22(28(30)31)16(3)13-19/h5-15H,4H2,1-3H3,(H,26,29)/t15-/m1/s1. The molecule has 0 aliphatic heterocycles. The van der Waals surface area contributed by atoms with Gasteiger partial charge in [0, 0.05) is 28.4 Å². The Morgan fingerprint density at radius 1 is 1.12 bits per heavy atom. The quantitative estimate of drug-likeness (QED) is 0.279. The molecule has 3 aromatic carbocycles. The molecule has 1 amide bonds. The second kappa shape index (κ2) is 8.63. The van der Waals surface area contributed by atoms with Crippen molar-refractivity contribution in [1.82, 2.24) is 4.98 Å². The number of nitro benzene ring substituents is 1. The lowest BCUT2D eigenvalue weighted by Gasteiger charge is -2.07. The zero-order valence-electron chi connectivity index (χ0n) is 18.1. The van der Waals surface area contributed by atoms with Crippen molar-refractivity contribution >= 4 is 28.4 Å². The van der Waals surface area contributed by atoms with E-state index in [-0.39, 0.29) is 11.6 Å². The number of anilines is 1. The first-order valence-corrected chi connectivity index (χ1v) is 10.4. The van der Waals surface area contributed by atoms with Crippen molar-refractivity contribution in [3.63, 3.8) is 0 Å². The molecule has 0 radical (unpaired) electrons. The first-order valence-electron chi connectivity index (χ1n) is 10.4. The highest BCUT2D eigenvalue weighted by atomic mass is 16.6. The highest BCUT2D eigenvalue weighted by molar-refractivity contribution is 6.04. The first-order chi connectivity index (χ1) is 15.4. The molecule has 0 aliphatic rings. The summed E-state index contributed by atoms with van der Waals surface area (Å²) in [5.74, 6) is 0.641. The van der Waals surface area contributed by atoms with Crippen LogP contribution in [0.3, 0.4) is 0 Å². The van der Waals surface area contributed by atoms with E-state index in [1.165, 1.54) is 23.8 Å². The number of fused-ring (bicyclic) bond motifs is 1. The van der Waals surface area contributed by atoms with E-state index in [1.807, 2.05) is 18.2 Å². The average molecular weight is 429 g/mol. The van der Waals surface area contributed by atoms with Crippen molar-refractivity contribution in [1.29, 1.82) is 0 Å². The summed E-state index contributed by atoms with van der Waals surface area (Å²) >= 11 is 0. The summed E-state index contributed by atoms with van der Waals surface area (Å²) in [5, 5.41) is 13.8. The monoisotopic (exact) mass is 429 g/mol. The molecule has 0 bridgehead atoms. The molecule has 0 aliphatic carbocycles. The molecule has 1 N–H and O–H groups in total. The molecule has 4 rings (SSSR count). The Bertz CT molecular complexity index is 1310. The lowest BCUT2D eigenvalue weighted by molar-refractivity contribution is -0.385. The summed E-state index contributed by atoms with van der Waals surface area (Å²) in [5.41, 5.74) is 4.97. The number of carbonyl (C=O) groups is 1. The zero-order chi connectivity index (χ0) is 22.8. The highest BCUT2D eigenvalue weighted by Crippen LogP contribution is 2.28. The summed E-state index contributed by atoms with van der Waals surface area (Å²) in [6, 6.07) is 17.6. The van der Waals surface area contributed by atoms with E-state index >= 15 is 0 Å². The number of carbonyl (C=O) groups excluding carboxylic acids is 1. The van der Waals surface area contributed by atoms with Crippen LogP contribution < -0.4 is 5.32 Å². The fraction of sp³-hybridized carbons (Fsp3) is 0.200. The topological polar surface area (TPSA) is 98.3 Å². The molecule has 4 aromatic rings. The second-order valence-electron chi connectivity index (χ2n) is 7.85. The third-order valence-electron chi connectivity index (χ3n) is 5.64. The summed E-state index contributed by atoms with van der Waals surface area (Å²) < 4.78 is 5.90. The average Bonchev–Trinajstić information content (AvgIpc) is 3.22. The van der Waals surface area contributed by atoms with Gasteiger partial charge in [-0.15, -0.1) is 0 Å². The van der Waals surface area contributed by atoms with E-state index in [1.54, 1.807) is 19.1 Å². The predicted molar refractivity (Wildman–Crippen MR) is 124 cm³/mol. The SMILES string of the molecule is CC[C@@H](C)c1ccc2oc(-c3ccc(NC(=O)c4ccc([N+](=O)[O-])c(C)c4)cc3)nc2c1. The summed E-state index contributed by atoms with van der Waals surface area (Å²) in [6.45, 7) is 5.95. The first kappa shape index (κ1) is 21.2. The number of rotatable bonds is 6. The normalized spacial score (nSPS) is 12.0. The van der Waals surface area contributed by atoms with Crippen LogP contribution in [0.1, 0.15) is 47.7 Å². The van der Waals surface area contributed by atoms with Gasteiger partial charge in [-0.3, -0.25) is 14.9 Å². The molecule has 7 nitrogen and oxygen atoms in total. The smallest absolute Gasteiger partial charge is 0.272 e. The van der Waals surface area contributed by atoms with Crippen LogP contribution in [0.2, 0.25) is 0 Å². The molecule has 7 heteroatoms.